The number of carbonyl (C=O) groups is 2. The van der Waals surface area contributed by atoms with Crippen LogP contribution < -0.4 is 0 Å². The molecule has 0 spiro atoms. The van der Waals surface area contributed by atoms with E-state index in [0.717, 1.165) is 10.4 Å². The molecule has 8 heteroatoms. The highest BCUT2D eigenvalue weighted by atomic mass is 32.2. The van der Waals surface area contributed by atoms with Crippen molar-refractivity contribution in [2.45, 2.75) is 19.0 Å². The van der Waals surface area contributed by atoms with Crippen molar-refractivity contribution in [1.82, 2.24) is 4.90 Å². The second-order valence-corrected chi connectivity index (χ2v) is 9.73. The monoisotopic (exact) mass is 419 g/mol. The molecule has 1 aliphatic rings. The number of esters is 1. The Hall–Kier alpha value is -2.45. The molecule has 2 heterocycles. The van der Waals surface area contributed by atoms with Gasteiger partial charge in [0, 0.05) is 23.5 Å². The van der Waals surface area contributed by atoms with E-state index in [4.69, 9.17) is 4.74 Å². The molecule has 2 aromatic rings. The molecule has 1 atom stereocenters. The number of benzene rings is 1. The van der Waals surface area contributed by atoms with E-state index in [-0.39, 0.29) is 18.1 Å². The van der Waals surface area contributed by atoms with Gasteiger partial charge in [-0.15, -0.1) is 11.3 Å². The molecule has 0 saturated carbocycles. The van der Waals surface area contributed by atoms with E-state index in [9.17, 15) is 18.0 Å². The standard InChI is InChI=1S/C20H21NO5S2/c22-19(14-26-20(23)9-8-18-7-4-11-27-18)21(13-16-5-2-1-3-6-16)17-10-12-28(24,25)15-17/h1-9,11,17H,10,12-15H2/b9-8+/t17-/m1/s1. The minimum atomic E-state index is -3.14. The zero-order chi connectivity index (χ0) is 20.0. The molecule has 1 aromatic carbocycles. The van der Waals surface area contributed by atoms with E-state index >= 15 is 0 Å². The Morgan fingerprint density at radius 2 is 1.96 bits per heavy atom. The number of sulfone groups is 1. The van der Waals surface area contributed by atoms with Gasteiger partial charge >= 0.3 is 5.97 Å². The summed E-state index contributed by atoms with van der Waals surface area (Å²) in [6.45, 7) is -0.139. The first-order valence-electron chi connectivity index (χ1n) is 8.85. The van der Waals surface area contributed by atoms with Crippen molar-refractivity contribution < 1.29 is 22.7 Å². The molecule has 1 amide bonds. The molecular formula is C20H21NO5S2. The maximum atomic E-state index is 12.7. The van der Waals surface area contributed by atoms with E-state index in [0.29, 0.717) is 6.42 Å². The second kappa shape index (κ2) is 9.16. The second-order valence-electron chi connectivity index (χ2n) is 6.52. The van der Waals surface area contributed by atoms with E-state index in [1.165, 1.54) is 22.3 Å². The van der Waals surface area contributed by atoms with Crippen LogP contribution >= 0.6 is 11.3 Å². The minimum Gasteiger partial charge on any atom is -0.452 e. The van der Waals surface area contributed by atoms with Crippen molar-refractivity contribution in [3.8, 4) is 0 Å². The molecule has 1 fully saturated rings. The maximum Gasteiger partial charge on any atom is 0.331 e. The van der Waals surface area contributed by atoms with Crippen LogP contribution in [0.2, 0.25) is 0 Å². The van der Waals surface area contributed by atoms with Gasteiger partial charge in [0.1, 0.15) is 0 Å². The highest BCUT2D eigenvalue weighted by Gasteiger charge is 2.34. The minimum absolute atomic E-state index is 0.0577. The Morgan fingerprint density at radius 1 is 1.18 bits per heavy atom. The van der Waals surface area contributed by atoms with Crippen molar-refractivity contribution in [3.05, 3.63) is 64.4 Å². The third kappa shape index (κ3) is 5.77. The highest BCUT2D eigenvalue weighted by molar-refractivity contribution is 7.91. The van der Waals surface area contributed by atoms with Crippen LogP contribution in [-0.4, -0.2) is 49.3 Å². The van der Waals surface area contributed by atoms with Crippen LogP contribution in [0, 0.1) is 0 Å². The van der Waals surface area contributed by atoms with E-state index in [1.807, 2.05) is 47.8 Å². The van der Waals surface area contributed by atoms with Crippen LogP contribution in [0.5, 0.6) is 0 Å². The maximum absolute atomic E-state index is 12.7. The van der Waals surface area contributed by atoms with Gasteiger partial charge in [0.05, 0.1) is 11.5 Å². The van der Waals surface area contributed by atoms with Gasteiger partial charge in [-0.1, -0.05) is 36.4 Å². The third-order valence-corrected chi connectivity index (χ3v) is 7.02. The number of amides is 1. The molecule has 0 radical (unpaired) electrons. The van der Waals surface area contributed by atoms with Crippen LogP contribution in [0.3, 0.4) is 0 Å². The van der Waals surface area contributed by atoms with Crippen LogP contribution in [-0.2, 0) is 30.7 Å². The van der Waals surface area contributed by atoms with Crippen LogP contribution in [0.1, 0.15) is 16.9 Å². The molecule has 0 N–H and O–H groups in total. The fraction of sp³-hybridized carbons (Fsp3) is 0.300. The topological polar surface area (TPSA) is 80.8 Å². The SMILES string of the molecule is O=C(/C=C/c1cccs1)OCC(=O)N(Cc1ccccc1)[C@@H]1CCS(=O)(=O)C1. The molecule has 28 heavy (non-hydrogen) atoms. The summed E-state index contributed by atoms with van der Waals surface area (Å²) >= 11 is 1.49. The normalized spacial score (nSPS) is 18.2. The van der Waals surface area contributed by atoms with Gasteiger partial charge in [-0.2, -0.15) is 0 Å². The summed E-state index contributed by atoms with van der Waals surface area (Å²) in [6.07, 6.45) is 3.30. The third-order valence-electron chi connectivity index (χ3n) is 4.43. The van der Waals surface area contributed by atoms with E-state index in [1.54, 1.807) is 6.08 Å². The summed E-state index contributed by atoms with van der Waals surface area (Å²) in [5.74, 6) is -0.999. The molecule has 148 valence electrons. The molecule has 3 rings (SSSR count). The molecule has 1 aromatic heterocycles. The van der Waals surface area contributed by atoms with Crippen LogP contribution in [0.4, 0.5) is 0 Å². The predicted molar refractivity (Wildman–Crippen MR) is 108 cm³/mol. The number of rotatable bonds is 7. The Kier molecular flexibility index (Phi) is 6.64. The van der Waals surface area contributed by atoms with Gasteiger partial charge in [0.15, 0.2) is 16.4 Å². The van der Waals surface area contributed by atoms with Crippen molar-refractivity contribution in [2.75, 3.05) is 18.1 Å². The number of carbonyl (C=O) groups excluding carboxylic acids is 2. The number of nitrogens with zero attached hydrogens (tertiary/aromatic N) is 1. The Morgan fingerprint density at radius 3 is 2.61 bits per heavy atom. The molecule has 0 unspecified atom stereocenters. The van der Waals surface area contributed by atoms with Crippen molar-refractivity contribution in [1.29, 1.82) is 0 Å². The largest absolute Gasteiger partial charge is 0.452 e. The zero-order valence-corrected chi connectivity index (χ0v) is 16.8. The molecule has 1 saturated heterocycles. The summed E-state index contributed by atoms with van der Waals surface area (Å²) in [6, 6.07) is 12.7. The molecular weight excluding hydrogens is 398 g/mol. The molecule has 0 aliphatic carbocycles. The molecule has 6 nitrogen and oxygen atoms in total. The lowest BCUT2D eigenvalue weighted by Crippen LogP contribution is -2.42. The van der Waals surface area contributed by atoms with Gasteiger partial charge < -0.3 is 9.64 Å². The predicted octanol–water partition coefficient (Wildman–Crippen LogP) is 2.52. The number of ether oxygens (including phenoxy) is 1. The Balaban J connectivity index is 1.63. The zero-order valence-electron chi connectivity index (χ0n) is 15.2. The smallest absolute Gasteiger partial charge is 0.331 e. The lowest BCUT2D eigenvalue weighted by Gasteiger charge is -2.28. The summed E-state index contributed by atoms with van der Waals surface area (Å²) in [4.78, 5) is 27.0. The van der Waals surface area contributed by atoms with Crippen molar-refractivity contribution in [2.24, 2.45) is 0 Å². The van der Waals surface area contributed by atoms with Crippen LogP contribution in [0.15, 0.2) is 53.9 Å². The Bertz CT molecular complexity index is 936. The quantitative estimate of drug-likeness (QED) is 0.509. The average Bonchev–Trinajstić information content (AvgIpc) is 3.32. The first-order valence-corrected chi connectivity index (χ1v) is 11.6. The summed E-state index contributed by atoms with van der Waals surface area (Å²) in [7, 11) is -3.14. The number of thiophene rings is 1. The number of hydrogen-bond acceptors (Lipinski definition) is 6. The first-order chi connectivity index (χ1) is 13.4. The van der Waals surface area contributed by atoms with Gasteiger partial charge in [-0.25, -0.2) is 13.2 Å². The molecule has 0 bridgehead atoms. The van der Waals surface area contributed by atoms with Crippen LogP contribution in [0.25, 0.3) is 6.08 Å². The molecule has 1 aliphatic heterocycles. The average molecular weight is 420 g/mol. The van der Waals surface area contributed by atoms with Crippen molar-refractivity contribution >= 4 is 39.1 Å². The Labute approximate surface area is 168 Å². The summed E-state index contributed by atoms with van der Waals surface area (Å²) in [5.41, 5.74) is 0.893. The van der Waals surface area contributed by atoms with Gasteiger partial charge in [-0.3, -0.25) is 4.79 Å². The summed E-state index contributed by atoms with van der Waals surface area (Å²) < 4.78 is 28.8. The number of hydrogen-bond donors (Lipinski definition) is 0. The van der Waals surface area contributed by atoms with Gasteiger partial charge in [0.2, 0.25) is 0 Å². The fourth-order valence-corrected chi connectivity index (χ4v) is 5.37. The van der Waals surface area contributed by atoms with Gasteiger partial charge in [-0.05, 0) is 29.5 Å². The highest BCUT2D eigenvalue weighted by Crippen LogP contribution is 2.20. The fourth-order valence-electron chi connectivity index (χ4n) is 3.02. The first kappa shape index (κ1) is 20.3. The summed E-state index contributed by atoms with van der Waals surface area (Å²) in [5, 5.41) is 1.89. The van der Waals surface area contributed by atoms with E-state index in [2.05, 4.69) is 0 Å². The lowest BCUT2D eigenvalue weighted by molar-refractivity contribution is -0.149. The van der Waals surface area contributed by atoms with Gasteiger partial charge in [0.25, 0.3) is 5.91 Å². The van der Waals surface area contributed by atoms with Crippen molar-refractivity contribution in [3.63, 3.8) is 0 Å². The lowest BCUT2D eigenvalue weighted by atomic mass is 10.1. The van der Waals surface area contributed by atoms with E-state index < -0.39 is 34.4 Å².